The molecule has 0 fully saturated rings. The Morgan fingerprint density at radius 1 is 0.913 bits per heavy atom. The lowest BCUT2D eigenvalue weighted by Crippen LogP contribution is -2.05. The first-order valence-corrected chi connectivity index (χ1v) is 7.88. The molecule has 0 N–H and O–H groups in total. The number of rotatable bonds is 2. The first kappa shape index (κ1) is 16.3. The van der Waals surface area contributed by atoms with E-state index in [9.17, 15) is 4.79 Å². The Labute approximate surface area is 152 Å². The number of carbonyl (C=O) groups is 1. The third-order valence-electron chi connectivity index (χ3n) is 3.04. The first-order chi connectivity index (χ1) is 10.9. The third kappa shape index (κ3) is 3.54. The summed E-state index contributed by atoms with van der Waals surface area (Å²) in [5, 5.41) is 1.67. The van der Waals surface area contributed by atoms with Gasteiger partial charge in [0.1, 0.15) is 0 Å². The maximum Gasteiger partial charge on any atom is 0.363 e. The van der Waals surface area contributed by atoms with Crippen LogP contribution in [0.2, 0.25) is 20.1 Å². The molecule has 0 atom stereocenters. The van der Waals surface area contributed by atoms with Crippen molar-refractivity contribution in [3.05, 3.63) is 73.3 Å². The summed E-state index contributed by atoms with van der Waals surface area (Å²) in [6, 6.07) is 9.79. The Morgan fingerprint density at radius 3 is 2.39 bits per heavy atom. The molecule has 1 aliphatic heterocycles. The van der Waals surface area contributed by atoms with Crippen LogP contribution in [0.1, 0.15) is 11.1 Å². The number of hydrogen-bond acceptors (Lipinski definition) is 3. The third-order valence-corrected chi connectivity index (χ3v) is 4.34. The van der Waals surface area contributed by atoms with Gasteiger partial charge in [-0.2, -0.15) is 0 Å². The summed E-state index contributed by atoms with van der Waals surface area (Å²) in [4.78, 5) is 16.1. The highest BCUT2D eigenvalue weighted by atomic mass is 35.5. The van der Waals surface area contributed by atoms with E-state index in [0.717, 1.165) is 0 Å². The van der Waals surface area contributed by atoms with Gasteiger partial charge in [-0.1, -0.05) is 52.5 Å². The molecule has 23 heavy (non-hydrogen) atoms. The van der Waals surface area contributed by atoms with Gasteiger partial charge in [-0.3, -0.25) is 0 Å². The molecule has 0 aliphatic carbocycles. The van der Waals surface area contributed by atoms with Gasteiger partial charge in [0, 0.05) is 15.6 Å². The van der Waals surface area contributed by atoms with Crippen LogP contribution in [0, 0.1) is 0 Å². The topological polar surface area (TPSA) is 38.7 Å². The van der Waals surface area contributed by atoms with E-state index in [0.29, 0.717) is 31.2 Å². The summed E-state index contributed by atoms with van der Waals surface area (Å²) in [6.45, 7) is 0. The summed E-state index contributed by atoms with van der Waals surface area (Å²) < 4.78 is 5.16. The van der Waals surface area contributed by atoms with E-state index in [4.69, 9.17) is 51.1 Å². The fourth-order valence-electron chi connectivity index (χ4n) is 1.93. The Hall–Kier alpha value is -1.52. The summed E-state index contributed by atoms with van der Waals surface area (Å²) in [6.07, 6.45) is 1.53. The van der Waals surface area contributed by atoms with Gasteiger partial charge in [0.05, 0.1) is 10.0 Å². The van der Waals surface area contributed by atoms with Crippen molar-refractivity contribution >= 4 is 64.3 Å². The first-order valence-electron chi connectivity index (χ1n) is 6.37. The molecular formula is C16H7Cl4NO2. The minimum atomic E-state index is -0.572. The molecule has 0 aromatic heterocycles. The molecular weight excluding hydrogens is 380 g/mol. The molecule has 0 amide bonds. The molecule has 2 aromatic rings. The largest absolute Gasteiger partial charge is 0.402 e. The van der Waals surface area contributed by atoms with Crippen molar-refractivity contribution in [2.75, 3.05) is 0 Å². The van der Waals surface area contributed by atoms with Crippen molar-refractivity contribution in [2.45, 2.75) is 0 Å². The van der Waals surface area contributed by atoms with Gasteiger partial charge in [-0.15, -0.1) is 0 Å². The highest BCUT2D eigenvalue weighted by Gasteiger charge is 2.24. The zero-order valence-corrected chi connectivity index (χ0v) is 14.3. The second-order valence-corrected chi connectivity index (χ2v) is 6.29. The summed E-state index contributed by atoms with van der Waals surface area (Å²) in [5.74, 6) is -0.415. The second-order valence-electron chi connectivity index (χ2n) is 4.63. The average molecular weight is 387 g/mol. The van der Waals surface area contributed by atoms with Crippen LogP contribution in [-0.2, 0) is 9.53 Å². The molecule has 2 aromatic carbocycles. The van der Waals surface area contributed by atoms with Crippen molar-refractivity contribution in [2.24, 2.45) is 4.99 Å². The fraction of sp³-hybridized carbons (Fsp3) is 0. The number of hydrogen-bond donors (Lipinski definition) is 0. The minimum Gasteiger partial charge on any atom is -0.402 e. The van der Waals surface area contributed by atoms with Crippen molar-refractivity contribution in [1.82, 2.24) is 0 Å². The van der Waals surface area contributed by atoms with Crippen molar-refractivity contribution in [1.29, 1.82) is 0 Å². The summed E-state index contributed by atoms with van der Waals surface area (Å²) in [7, 11) is 0. The van der Waals surface area contributed by atoms with E-state index in [1.165, 1.54) is 6.08 Å². The second kappa shape index (κ2) is 6.54. The zero-order valence-electron chi connectivity index (χ0n) is 11.3. The molecule has 3 rings (SSSR count). The van der Waals surface area contributed by atoms with Gasteiger partial charge >= 0.3 is 5.97 Å². The number of nitrogens with zero attached hydrogens (tertiary/aromatic N) is 1. The number of cyclic esters (lactones) is 1. The highest BCUT2D eigenvalue weighted by Crippen LogP contribution is 2.27. The fourth-order valence-corrected chi connectivity index (χ4v) is 2.69. The van der Waals surface area contributed by atoms with E-state index in [2.05, 4.69) is 4.99 Å². The van der Waals surface area contributed by atoms with Crippen LogP contribution in [0.4, 0.5) is 0 Å². The lowest BCUT2D eigenvalue weighted by Gasteiger charge is -2.01. The highest BCUT2D eigenvalue weighted by molar-refractivity contribution is 6.42. The monoisotopic (exact) mass is 385 g/mol. The normalized spacial score (nSPS) is 15.7. The van der Waals surface area contributed by atoms with Crippen LogP contribution in [-0.4, -0.2) is 11.9 Å². The number of halogens is 4. The average Bonchev–Trinajstić information content (AvgIpc) is 2.86. The van der Waals surface area contributed by atoms with Crippen LogP contribution >= 0.6 is 46.4 Å². The molecule has 0 spiro atoms. The van der Waals surface area contributed by atoms with E-state index < -0.39 is 5.97 Å². The lowest BCUT2D eigenvalue weighted by atomic mass is 10.2. The summed E-state index contributed by atoms with van der Waals surface area (Å²) >= 11 is 23.8. The minimum absolute atomic E-state index is 0.135. The Balaban J connectivity index is 1.97. The van der Waals surface area contributed by atoms with Gasteiger partial charge in [-0.05, 0) is 42.0 Å². The molecule has 0 saturated carbocycles. The summed E-state index contributed by atoms with van der Waals surface area (Å²) in [5.41, 5.74) is 1.30. The van der Waals surface area contributed by atoms with Gasteiger partial charge in [0.2, 0.25) is 5.90 Å². The zero-order chi connectivity index (χ0) is 16.6. The maximum atomic E-state index is 12.0. The molecule has 7 heteroatoms. The molecule has 1 aliphatic rings. The van der Waals surface area contributed by atoms with Gasteiger partial charge in [0.25, 0.3) is 0 Å². The van der Waals surface area contributed by atoms with Crippen LogP contribution in [0.3, 0.4) is 0 Å². The SMILES string of the molecule is O=C1OC(c2ccc(Cl)c(Cl)c2)=NC1=Cc1ccc(Cl)cc1Cl. The predicted octanol–water partition coefficient (Wildman–Crippen LogP) is 5.64. The molecule has 1 heterocycles. The number of esters is 1. The molecule has 0 bridgehead atoms. The Bertz CT molecular complexity index is 874. The molecule has 0 radical (unpaired) electrons. The van der Waals surface area contributed by atoms with E-state index >= 15 is 0 Å². The molecule has 116 valence electrons. The van der Waals surface area contributed by atoms with E-state index in [-0.39, 0.29) is 11.6 Å². The standard InChI is InChI=1S/C16H7Cl4NO2/c17-10-3-1-8(12(19)7-10)6-14-16(22)23-15(21-14)9-2-4-11(18)13(20)5-9/h1-7H. The van der Waals surface area contributed by atoms with Gasteiger partial charge in [-0.25, -0.2) is 9.79 Å². The van der Waals surface area contributed by atoms with E-state index in [1.807, 2.05) is 0 Å². The van der Waals surface area contributed by atoms with Gasteiger partial charge in [0.15, 0.2) is 5.70 Å². The van der Waals surface area contributed by atoms with Crippen molar-refractivity contribution in [3.8, 4) is 0 Å². The van der Waals surface area contributed by atoms with Crippen LogP contribution < -0.4 is 0 Å². The van der Waals surface area contributed by atoms with Crippen LogP contribution in [0.5, 0.6) is 0 Å². The van der Waals surface area contributed by atoms with Crippen molar-refractivity contribution in [3.63, 3.8) is 0 Å². The molecule has 0 unspecified atom stereocenters. The van der Waals surface area contributed by atoms with Crippen LogP contribution in [0.25, 0.3) is 6.08 Å². The van der Waals surface area contributed by atoms with Crippen LogP contribution in [0.15, 0.2) is 47.1 Å². The van der Waals surface area contributed by atoms with E-state index in [1.54, 1.807) is 36.4 Å². The number of ether oxygens (including phenoxy) is 1. The number of carbonyl (C=O) groups excluding carboxylic acids is 1. The molecule has 0 saturated heterocycles. The lowest BCUT2D eigenvalue weighted by molar-refractivity contribution is -0.129. The number of aliphatic imine (C=N–C) groups is 1. The van der Waals surface area contributed by atoms with Gasteiger partial charge < -0.3 is 4.74 Å². The van der Waals surface area contributed by atoms with Crippen molar-refractivity contribution < 1.29 is 9.53 Å². The Kier molecular flexibility index (Phi) is 4.64. The maximum absolute atomic E-state index is 12.0. The smallest absolute Gasteiger partial charge is 0.363 e. The quantitative estimate of drug-likeness (QED) is 0.494. The Morgan fingerprint density at radius 2 is 1.70 bits per heavy atom. The predicted molar refractivity (Wildman–Crippen MR) is 93.5 cm³/mol. The number of benzene rings is 2. The molecule has 3 nitrogen and oxygen atoms in total.